The van der Waals surface area contributed by atoms with E-state index < -0.39 is 0 Å². The smallest absolute Gasteiger partial charge is 0.234 e. The SMILES string of the molecule is Cc1ccc(C2CN(C(=O)C(c3ccccc3)c3ccccc3)CCO2)cc1. The van der Waals surface area contributed by atoms with Crippen LogP contribution in [0, 0.1) is 6.92 Å². The summed E-state index contributed by atoms with van der Waals surface area (Å²) in [5.74, 6) is -0.156. The third-order valence-electron chi connectivity index (χ3n) is 5.34. The average molecular weight is 371 g/mol. The van der Waals surface area contributed by atoms with Crippen molar-refractivity contribution in [3.05, 3.63) is 107 Å². The lowest BCUT2D eigenvalue weighted by Gasteiger charge is -2.35. The first kappa shape index (κ1) is 18.5. The molecule has 1 amide bonds. The third kappa shape index (κ3) is 4.00. The molecule has 0 N–H and O–H groups in total. The molecule has 1 heterocycles. The second-order valence-corrected chi connectivity index (χ2v) is 7.31. The molecule has 1 fully saturated rings. The Morgan fingerprint density at radius 2 is 1.46 bits per heavy atom. The maximum atomic E-state index is 13.6. The van der Waals surface area contributed by atoms with Crippen molar-refractivity contribution in [3.63, 3.8) is 0 Å². The monoisotopic (exact) mass is 371 g/mol. The number of benzene rings is 3. The largest absolute Gasteiger partial charge is 0.370 e. The Balaban J connectivity index is 1.60. The molecule has 0 aromatic heterocycles. The van der Waals surface area contributed by atoms with E-state index in [0.717, 1.165) is 16.7 Å². The fraction of sp³-hybridized carbons (Fsp3) is 0.240. The molecule has 0 bridgehead atoms. The molecule has 3 aromatic carbocycles. The lowest BCUT2D eigenvalue weighted by molar-refractivity contribution is -0.139. The molecule has 3 heteroatoms. The van der Waals surface area contributed by atoms with Crippen molar-refractivity contribution in [2.75, 3.05) is 19.7 Å². The number of nitrogens with zero attached hydrogens (tertiary/aromatic N) is 1. The van der Waals surface area contributed by atoms with Crippen LogP contribution in [0.15, 0.2) is 84.9 Å². The van der Waals surface area contributed by atoms with Gasteiger partial charge in [0.05, 0.1) is 19.1 Å². The van der Waals surface area contributed by atoms with Crippen LogP contribution in [0.25, 0.3) is 0 Å². The van der Waals surface area contributed by atoms with Crippen molar-refractivity contribution < 1.29 is 9.53 Å². The predicted octanol–water partition coefficient (Wildman–Crippen LogP) is 4.73. The molecule has 1 unspecified atom stereocenters. The van der Waals surface area contributed by atoms with Crippen LogP contribution in [-0.2, 0) is 9.53 Å². The van der Waals surface area contributed by atoms with Crippen molar-refractivity contribution in [1.82, 2.24) is 4.90 Å². The van der Waals surface area contributed by atoms with Gasteiger partial charge in [0.2, 0.25) is 5.91 Å². The summed E-state index contributed by atoms with van der Waals surface area (Å²) in [6, 6.07) is 28.5. The summed E-state index contributed by atoms with van der Waals surface area (Å²) in [7, 11) is 0. The zero-order chi connectivity index (χ0) is 19.3. The van der Waals surface area contributed by atoms with E-state index in [4.69, 9.17) is 4.74 Å². The molecule has 1 aliphatic rings. The fourth-order valence-electron chi connectivity index (χ4n) is 3.78. The molecule has 0 aliphatic carbocycles. The van der Waals surface area contributed by atoms with Gasteiger partial charge in [-0.05, 0) is 23.6 Å². The summed E-state index contributed by atoms with van der Waals surface area (Å²) in [5.41, 5.74) is 4.40. The van der Waals surface area contributed by atoms with Crippen LogP contribution in [0.3, 0.4) is 0 Å². The first-order chi connectivity index (χ1) is 13.7. The van der Waals surface area contributed by atoms with Crippen molar-refractivity contribution in [3.8, 4) is 0 Å². The molecule has 3 nitrogen and oxygen atoms in total. The summed E-state index contributed by atoms with van der Waals surface area (Å²) in [6.07, 6.45) is -0.0782. The zero-order valence-electron chi connectivity index (χ0n) is 16.1. The Morgan fingerprint density at radius 1 is 0.893 bits per heavy atom. The number of rotatable bonds is 4. The second-order valence-electron chi connectivity index (χ2n) is 7.31. The van der Waals surface area contributed by atoms with E-state index in [-0.39, 0.29) is 17.9 Å². The number of ether oxygens (including phenoxy) is 1. The minimum atomic E-state index is -0.292. The minimum absolute atomic E-state index is 0.0782. The molecule has 0 saturated carbocycles. The first-order valence-electron chi connectivity index (χ1n) is 9.79. The van der Waals surface area contributed by atoms with E-state index in [2.05, 4.69) is 31.2 Å². The zero-order valence-corrected chi connectivity index (χ0v) is 16.1. The normalized spacial score (nSPS) is 16.9. The summed E-state index contributed by atoms with van der Waals surface area (Å²) in [6.45, 7) is 3.83. The average Bonchev–Trinajstić information content (AvgIpc) is 2.76. The summed E-state index contributed by atoms with van der Waals surface area (Å²) >= 11 is 0. The number of morpholine rings is 1. The molecule has 142 valence electrons. The minimum Gasteiger partial charge on any atom is -0.370 e. The highest BCUT2D eigenvalue weighted by molar-refractivity contribution is 5.87. The topological polar surface area (TPSA) is 29.5 Å². The highest BCUT2D eigenvalue weighted by Crippen LogP contribution is 2.30. The highest BCUT2D eigenvalue weighted by Gasteiger charge is 2.31. The summed E-state index contributed by atoms with van der Waals surface area (Å²) < 4.78 is 5.98. The maximum absolute atomic E-state index is 13.6. The lowest BCUT2D eigenvalue weighted by Crippen LogP contribution is -2.44. The quantitative estimate of drug-likeness (QED) is 0.664. The number of aryl methyl sites for hydroxylation is 1. The van der Waals surface area contributed by atoms with Gasteiger partial charge in [0, 0.05) is 6.54 Å². The summed E-state index contributed by atoms with van der Waals surface area (Å²) in [5, 5.41) is 0. The van der Waals surface area contributed by atoms with Crippen molar-refractivity contribution in [2.24, 2.45) is 0 Å². The van der Waals surface area contributed by atoms with Gasteiger partial charge in [-0.25, -0.2) is 0 Å². The summed E-state index contributed by atoms with van der Waals surface area (Å²) in [4.78, 5) is 15.6. The van der Waals surface area contributed by atoms with Crippen LogP contribution in [0.2, 0.25) is 0 Å². The molecular formula is C25H25NO2. The van der Waals surface area contributed by atoms with E-state index in [9.17, 15) is 4.79 Å². The van der Waals surface area contributed by atoms with E-state index in [0.29, 0.717) is 19.7 Å². The number of amides is 1. The Bertz CT molecular complexity index is 867. The predicted molar refractivity (Wildman–Crippen MR) is 111 cm³/mol. The highest BCUT2D eigenvalue weighted by atomic mass is 16.5. The van der Waals surface area contributed by atoms with Crippen LogP contribution in [-0.4, -0.2) is 30.5 Å². The van der Waals surface area contributed by atoms with Crippen molar-refractivity contribution >= 4 is 5.91 Å². The molecular weight excluding hydrogens is 346 g/mol. The van der Waals surface area contributed by atoms with E-state index >= 15 is 0 Å². The molecule has 1 aliphatic heterocycles. The van der Waals surface area contributed by atoms with Gasteiger partial charge < -0.3 is 9.64 Å². The van der Waals surface area contributed by atoms with Crippen LogP contribution in [0.4, 0.5) is 0 Å². The van der Waals surface area contributed by atoms with Crippen LogP contribution in [0.1, 0.15) is 34.3 Å². The standard InChI is InChI=1S/C25H25NO2/c1-19-12-14-20(15-13-19)23-18-26(16-17-28-23)25(27)24(21-8-4-2-5-9-21)22-10-6-3-7-11-22/h2-15,23-24H,16-18H2,1H3. The molecule has 0 radical (unpaired) electrons. The van der Waals surface area contributed by atoms with Crippen LogP contribution >= 0.6 is 0 Å². The van der Waals surface area contributed by atoms with Gasteiger partial charge in [0.15, 0.2) is 0 Å². The number of hydrogen-bond acceptors (Lipinski definition) is 2. The molecule has 4 rings (SSSR count). The van der Waals surface area contributed by atoms with Crippen LogP contribution in [0.5, 0.6) is 0 Å². The van der Waals surface area contributed by atoms with E-state index in [1.165, 1.54) is 5.56 Å². The van der Waals surface area contributed by atoms with E-state index in [1.54, 1.807) is 0 Å². The lowest BCUT2D eigenvalue weighted by atomic mass is 9.89. The van der Waals surface area contributed by atoms with Gasteiger partial charge in [-0.15, -0.1) is 0 Å². The second kappa shape index (κ2) is 8.41. The molecule has 3 aromatic rings. The third-order valence-corrected chi connectivity index (χ3v) is 5.34. The first-order valence-corrected chi connectivity index (χ1v) is 9.79. The molecule has 1 saturated heterocycles. The molecule has 1 atom stereocenters. The van der Waals surface area contributed by atoms with Gasteiger partial charge in [-0.1, -0.05) is 90.5 Å². The molecule has 28 heavy (non-hydrogen) atoms. The van der Waals surface area contributed by atoms with Gasteiger partial charge in [-0.2, -0.15) is 0 Å². The number of carbonyl (C=O) groups excluding carboxylic acids is 1. The van der Waals surface area contributed by atoms with E-state index in [1.807, 2.05) is 65.6 Å². The van der Waals surface area contributed by atoms with Crippen LogP contribution < -0.4 is 0 Å². The van der Waals surface area contributed by atoms with Gasteiger partial charge in [0.1, 0.15) is 6.10 Å². The van der Waals surface area contributed by atoms with Gasteiger partial charge >= 0.3 is 0 Å². The molecule has 0 spiro atoms. The Morgan fingerprint density at radius 3 is 2.04 bits per heavy atom. The number of carbonyl (C=O) groups is 1. The van der Waals surface area contributed by atoms with Gasteiger partial charge in [0.25, 0.3) is 0 Å². The van der Waals surface area contributed by atoms with Gasteiger partial charge in [-0.3, -0.25) is 4.79 Å². The Kier molecular flexibility index (Phi) is 5.54. The van der Waals surface area contributed by atoms with Crippen molar-refractivity contribution in [2.45, 2.75) is 18.9 Å². The maximum Gasteiger partial charge on any atom is 0.234 e. The fourth-order valence-corrected chi connectivity index (χ4v) is 3.78. The van der Waals surface area contributed by atoms with Crippen molar-refractivity contribution in [1.29, 1.82) is 0 Å². The Hall–Kier alpha value is -2.91. The Labute approximate surface area is 166 Å². The number of hydrogen-bond donors (Lipinski definition) is 0.